The van der Waals surface area contributed by atoms with Crippen LogP contribution >= 0.6 is 0 Å². The van der Waals surface area contributed by atoms with E-state index >= 15 is 0 Å². The molecule has 0 spiro atoms. The molecule has 3 aromatic rings. The van der Waals surface area contributed by atoms with Crippen LogP contribution in [-0.4, -0.2) is 19.4 Å². The van der Waals surface area contributed by atoms with Gasteiger partial charge in [-0.15, -0.1) is 0 Å². The highest BCUT2D eigenvalue weighted by atomic mass is 32.2. The number of pyridine rings is 1. The first-order valence-corrected chi connectivity index (χ1v) is 10.9. The van der Waals surface area contributed by atoms with E-state index in [1.165, 1.54) is 12.3 Å². The van der Waals surface area contributed by atoms with Gasteiger partial charge in [0.2, 0.25) is 0 Å². The highest BCUT2D eigenvalue weighted by Gasteiger charge is 2.49. The smallest absolute Gasteiger partial charge is 0.334 e. The van der Waals surface area contributed by atoms with Gasteiger partial charge in [-0.05, 0) is 30.7 Å². The lowest BCUT2D eigenvalue weighted by Gasteiger charge is -2.36. The summed E-state index contributed by atoms with van der Waals surface area (Å²) in [5.74, 6) is -0.489. The van der Waals surface area contributed by atoms with E-state index in [1.807, 2.05) is 48.5 Å². The Kier molecular flexibility index (Phi) is 5.24. The summed E-state index contributed by atoms with van der Waals surface area (Å²) < 4.78 is 35.0. The van der Waals surface area contributed by atoms with E-state index in [0.29, 0.717) is 16.7 Å². The molecule has 2 atom stereocenters. The molecule has 30 heavy (non-hydrogen) atoms. The molecule has 1 aromatic heterocycles. The highest BCUT2D eigenvalue weighted by Crippen LogP contribution is 2.45. The molecule has 1 aliphatic rings. The first-order valence-electron chi connectivity index (χ1n) is 9.39. The standard InChI is InChI=1S/C23H20N2O4S/c1-17-16-23(29-22(17)26,19-12-6-3-7-13-19)21(18-10-4-2-5-11-18)25-30(27,28)20-14-8-9-15-24-20/h2-16,21,25H,1H3/t21-,23-/m0/s1. The fraction of sp³-hybridized carbons (Fsp3) is 0.130. The van der Waals surface area contributed by atoms with E-state index in [1.54, 1.807) is 37.3 Å². The van der Waals surface area contributed by atoms with Crippen molar-refractivity contribution in [3.63, 3.8) is 0 Å². The lowest BCUT2D eigenvalue weighted by atomic mass is 9.82. The molecule has 1 N–H and O–H groups in total. The number of hydrogen-bond donors (Lipinski definition) is 1. The van der Waals surface area contributed by atoms with Crippen LogP contribution in [0, 0.1) is 0 Å². The van der Waals surface area contributed by atoms with Crippen molar-refractivity contribution in [1.82, 2.24) is 9.71 Å². The summed E-state index contributed by atoms with van der Waals surface area (Å²) in [6.07, 6.45) is 3.10. The Bertz CT molecular complexity index is 1180. The Balaban J connectivity index is 1.90. The van der Waals surface area contributed by atoms with Gasteiger partial charge in [0.05, 0.1) is 6.04 Å². The maximum absolute atomic E-state index is 13.2. The largest absolute Gasteiger partial charge is 0.444 e. The minimum absolute atomic E-state index is 0.112. The van der Waals surface area contributed by atoms with Gasteiger partial charge in [-0.2, -0.15) is 4.72 Å². The SMILES string of the molecule is CC1=C[C@](c2ccccc2)([C@@H](NS(=O)(=O)c2ccccn2)c2ccccc2)OC1=O. The molecule has 1 aliphatic heterocycles. The number of aromatic nitrogens is 1. The summed E-state index contributed by atoms with van der Waals surface area (Å²) in [4.78, 5) is 16.4. The van der Waals surface area contributed by atoms with Crippen LogP contribution in [-0.2, 0) is 25.2 Å². The van der Waals surface area contributed by atoms with Crippen molar-refractivity contribution in [3.8, 4) is 0 Å². The summed E-state index contributed by atoms with van der Waals surface area (Å²) in [5.41, 5.74) is 0.384. The third-order valence-electron chi connectivity index (χ3n) is 4.99. The zero-order valence-electron chi connectivity index (χ0n) is 16.2. The number of carbonyl (C=O) groups is 1. The second-order valence-electron chi connectivity index (χ2n) is 7.01. The van der Waals surface area contributed by atoms with Crippen LogP contribution in [0.5, 0.6) is 0 Å². The highest BCUT2D eigenvalue weighted by molar-refractivity contribution is 7.89. The fourth-order valence-corrected chi connectivity index (χ4v) is 4.76. The lowest BCUT2D eigenvalue weighted by Crippen LogP contribution is -2.44. The van der Waals surface area contributed by atoms with Gasteiger partial charge in [-0.25, -0.2) is 18.2 Å². The number of ether oxygens (including phenoxy) is 1. The molecule has 7 heteroatoms. The van der Waals surface area contributed by atoms with Crippen molar-refractivity contribution in [3.05, 3.63) is 108 Å². The minimum Gasteiger partial charge on any atom is -0.444 e. The van der Waals surface area contributed by atoms with Crippen molar-refractivity contribution in [2.24, 2.45) is 0 Å². The average Bonchev–Trinajstić information content (AvgIpc) is 3.09. The second-order valence-corrected chi connectivity index (χ2v) is 8.67. The number of sulfonamides is 1. The summed E-state index contributed by atoms with van der Waals surface area (Å²) in [5, 5.41) is -0.112. The van der Waals surface area contributed by atoms with Gasteiger partial charge < -0.3 is 4.74 Å². The van der Waals surface area contributed by atoms with Crippen molar-refractivity contribution in [2.45, 2.75) is 23.6 Å². The Morgan fingerprint density at radius 1 is 0.933 bits per heavy atom. The van der Waals surface area contributed by atoms with Gasteiger partial charge >= 0.3 is 5.97 Å². The third kappa shape index (κ3) is 3.65. The Hall–Kier alpha value is -3.29. The molecular formula is C23H20N2O4S. The summed E-state index contributed by atoms with van der Waals surface area (Å²) in [6.45, 7) is 1.66. The first-order chi connectivity index (χ1) is 14.4. The number of nitrogens with zero attached hydrogens (tertiary/aromatic N) is 1. The lowest BCUT2D eigenvalue weighted by molar-refractivity contribution is -0.149. The Morgan fingerprint density at radius 3 is 2.13 bits per heavy atom. The molecule has 2 heterocycles. The van der Waals surface area contributed by atoms with E-state index in [-0.39, 0.29) is 5.03 Å². The van der Waals surface area contributed by atoms with Gasteiger partial charge in [-0.3, -0.25) is 0 Å². The molecule has 0 unspecified atom stereocenters. The van der Waals surface area contributed by atoms with Crippen molar-refractivity contribution in [2.75, 3.05) is 0 Å². The predicted molar refractivity (Wildman–Crippen MR) is 112 cm³/mol. The molecule has 0 radical (unpaired) electrons. The molecule has 0 amide bonds. The first kappa shape index (κ1) is 20.0. The quantitative estimate of drug-likeness (QED) is 0.617. The minimum atomic E-state index is -4.01. The number of nitrogens with one attached hydrogen (secondary N) is 1. The van der Waals surface area contributed by atoms with E-state index in [4.69, 9.17) is 4.74 Å². The van der Waals surface area contributed by atoms with Crippen LogP contribution in [0.4, 0.5) is 0 Å². The van der Waals surface area contributed by atoms with Crippen LogP contribution in [0.1, 0.15) is 24.1 Å². The van der Waals surface area contributed by atoms with Crippen LogP contribution < -0.4 is 4.72 Å². The van der Waals surface area contributed by atoms with Crippen LogP contribution in [0.2, 0.25) is 0 Å². The fourth-order valence-electron chi connectivity index (χ4n) is 3.56. The number of hydrogen-bond acceptors (Lipinski definition) is 5. The molecule has 0 saturated heterocycles. The maximum Gasteiger partial charge on any atom is 0.334 e. The molecule has 152 valence electrons. The molecule has 2 aromatic carbocycles. The van der Waals surface area contributed by atoms with Crippen LogP contribution in [0.25, 0.3) is 0 Å². The number of carbonyl (C=O) groups excluding carboxylic acids is 1. The van der Waals surface area contributed by atoms with Gasteiger partial charge in [0, 0.05) is 17.3 Å². The third-order valence-corrected chi connectivity index (χ3v) is 6.33. The van der Waals surface area contributed by atoms with Crippen LogP contribution in [0.15, 0.2) is 102 Å². The van der Waals surface area contributed by atoms with Gasteiger partial charge in [0.1, 0.15) is 0 Å². The van der Waals surface area contributed by atoms with Gasteiger partial charge in [-0.1, -0.05) is 66.7 Å². The Labute approximate surface area is 175 Å². The summed E-state index contributed by atoms with van der Waals surface area (Å²) in [6, 6.07) is 21.9. The zero-order valence-corrected chi connectivity index (χ0v) is 17.0. The van der Waals surface area contributed by atoms with Gasteiger partial charge in [0.25, 0.3) is 10.0 Å². The van der Waals surface area contributed by atoms with Crippen molar-refractivity contribution in [1.29, 1.82) is 0 Å². The van der Waals surface area contributed by atoms with E-state index < -0.39 is 27.6 Å². The number of cyclic esters (lactones) is 1. The zero-order chi connectivity index (χ0) is 21.2. The average molecular weight is 420 g/mol. The molecule has 0 bridgehead atoms. The van der Waals surface area contributed by atoms with E-state index in [0.717, 1.165) is 0 Å². The van der Waals surface area contributed by atoms with Crippen molar-refractivity contribution >= 4 is 16.0 Å². The normalized spacial score (nSPS) is 19.8. The Morgan fingerprint density at radius 2 is 1.57 bits per heavy atom. The topological polar surface area (TPSA) is 85.4 Å². The number of benzene rings is 2. The molecule has 4 rings (SSSR count). The van der Waals surface area contributed by atoms with E-state index in [9.17, 15) is 13.2 Å². The molecular weight excluding hydrogens is 400 g/mol. The van der Waals surface area contributed by atoms with Crippen LogP contribution in [0.3, 0.4) is 0 Å². The second kappa shape index (κ2) is 7.85. The van der Waals surface area contributed by atoms with Gasteiger partial charge in [0.15, 0.2) is 10.6 Å². The number of esters is 1. The monoisotopic (exact) mass is 420 g/mol. The summed E-state index contributed by atoms with van der Waals surface area (Å²) >= 11 is 0. The predicted octanol–water partition coefficient (Wildman–Crippen LogP) is 3.50. The molecule has 0 fully saturated rings. The number of rotatable bonds is 6. The molecule has 0 aliphatic carbocycles. The maximum atomic E-state index is 13.2. The summed E-state index contributed by atoms with van der Waals surface area (Å²) in [7, 11) is -4.01. The molecule has 6 nitrogen and oxygen atoms in total. The van der Waals surface area contributed by atoms with Crippen molar-refractivity contribution < 1.29 is 17.9 Å². The molecule has 0 saturated carbocycles. The van der Waals surface area contributed by atoms with E-state index in [2.05, 4.69) is 9.71 Å².